The van der Waals surface area contributed by atoms with Crippen LogP contribution in [0.3, 0.4) is 0 Å². The van der Waals surface area contributed by atoms with Crippen LogP contribution < -0.4 is 10.6 Å². The highest BCUT2D eigenvalue weighted by molar-refractivity contribution is 5.81. The maximum atomic E-state index is 11.9. The summed E-state index contributed by atoms with van der Waals surface area (Å²) in [5.41, 5.74) is 2.98. The van der Waals surface area contributed by atoms with Gasteiger partial charge in [-0.3, -0.25) is 0 Å². The number of alkyl carbamates (subject to hydrolysis) is 1. The maximum Gasteiger partial charge on any atom is 0.407 e. The summed E-state index contributed by atoms with van der Waals surface area (Å²) in [7, 11) is 0. The van der Waals surface area contributed by atoms with Gasteiger partial charge in [-0.25, -0.2) is 14.8 Å². The second kappa shape index (κ2) is 10.2. The summed E-state index contributed by atoms with van der Waals surface area (Å²) in [6.45, 7) is 2.99. The van der Waals surface area contributed by atoms with Crippen molar-refractivity contribution in [1.29, 1.82) is 0 Å². The molecule has 0 aliphatic heterocycles. The van der Waals surface area contributed by atoms with Gasteiger partial charge < -0.3 is 15.4 Å². The zero-order valence-electron chi connectivity index (χ0n) is 18.0. The number of amides is 1. The van der Waals surface area contributed by atoms with Gasteiger partial charge in [-0.05, 0) is 56.6 Å². The highest BCUT2D eigenvalue weighted by Crippen LogP contribution is 2.28. The third kappa shape index (κ3) is 5.94. The number of nitrogens with one attached hydrogen (secondary N) is 2. The number of fused-ring (bicyclic) bond motifs is 1. The number of hydrogen-bond donors (Lipinski definition) is 2. The van der Waals surface area contributed by atoms with E-state index >= 15 is 0 Å². The normalized spacial score (nSPS) is 18.5. The van der Waals surface area contributed by atoms with Gasteiger partial charge in [0, 0.05) is 18.0 Å². The molecule has 3 aromatic rings. The number of benzene rings is 2. The molecule has 1 aliphatic carbocycles. The molecule has 162 valence electrons. The van der Waals surface area contributed by atoms with Crippen LogP contribution in [0.5, 0.6) is 0 Å². The Kier molecular flexibility index (Phi) is 6.97. The molecule has 6 nitrogen and oxygen atoms in total. The summed E-state index contributed by atoms with van der Waals surface area (Å²) in [5.74, 6) is 1.36. The maximum absolute atomic E-state index is 11.9. The minimum absolute atomic E-state index is 0.305. The average Bonchev–Trinajstić information content (AvgIpc) is 2.80. The molecule has 6 heteroatoms. The molecular weight excluding hydrogens is 388 g/mol. The average molecular weight is 419 g/mol. The van der Waals surface area contributed by atoms with Gasteiger partial charge in [-0.2, -0.15) is 0 Å². The number of anilines is 1. The van der Waals surface area contributed by atoms with Gasteiger partial charge in [0.25, 0.3) is 0 Å². The lowest BCUT2D eigenvalue weighted by molar-refractivity contribution is 0.138. The Morgan fingerprint density at radius 1 is 1.00 bits per heavy atom. The van der Waals surface area contributed by atoms with Crippen LogP contribution in [0.25, 0.3) is 10.9 Å². The third-order valence-electron chi connectivity index (χ3n) is 6.01. The number of carbonyl (C=O) groups excluding carboxylic acids is 1. The molecule has 2 N–H and O–H groups in total. The highest BCUT2D eigenvalue weighted by Gasteiger charge is 2.22. The van der Waals surface area contributed by atoms with Crippen molar-refractivity contribution in [3.63, 3.8) is 0 Å². The number of rotatable bonds is 7. The van der Waals surface area contributed by atoms with Crippen molar-refractivity contribution in [2.75, 3.05) is 11.9 Å². The summed E-state index contributed by atoms with van der Waals surface area (Å²) in [6, 6.07) is 18.2. The molecule has 31 heavy (non-hydrogen) atoms. The van der Waals surface area contributed by atoms with E-state index in [-0.39, 0.29) is 6.09 Å². The fourth-order valence-electron chi connectivity index (χ4n) is 4.23. The molecule has 4 rings (SSSR count). The first-order valence-electron chi connectivity index (χ1n) is 11.1. The van der Waals surface area contributed by atoms with E-state index in [4.69, 9.17) is 4.74 Å². The molecule has 1 amide bonds. The van der Waals surface area contributed by atoms with E-state index in [2.05, 4.69) is 26.7 Å². The number of nitrogens with zero attached hydrogens (tertiary/aromatic N) is 2. The number of aryl methyl sites for hydroxylation is 1. The van der Waals surface area contributed by atoms with Crippen LogP contribution in [0.4, 0.5) is 10.7 Å². The fraction of sp³-hybridized carbons (Fsp3) is 0.400. The molecule has 0 atom stereocenters. The van der Waals surface area contributed by atoms with Gasteiger partial charge >= 0.3 is 6.09 Å². The first-order chi connectivity index (χ1) is 15.2. The summed E-state index contributed by atoms with van der Waals surface area (Å²) < 4.78 is 5.27. The lowest BCUT2D eigenvalue weighted by Gasteiger charge is -2.29. The van der Waals surface area contributed by atoms with Gasteiger partial charge in [-0.1, -0.05) is 48.5 Å². The Hall–Kier alpha value is -3.15. The van der Waals surface area contributed by atoms with Crippen molar-refractivity contribution in [2.45, 2.75) is 51.7 Å². The van der Waals surface area contributed by atoms with Crippen molar-refractivity contribution in [2.24, 2.45) is 5.92 Å². The highest BCUT2D eigenvalue weighted by atomic mass is 16.5. The van der Waals surface area contributed by atoms with E-state index in [1.165, 1.54) is 0 Å². The van der Waals surface area contributed by atoms with Gasteiger partial charge in [0.05, 0.1) is 11.2 Å². The van der Waals surface area contributed by atoms with Crippen molar-refractivity contribution in [3.8, 4) is 0 Å². The minimum atomic E-state index is -0.344. The largest absolute Gasteiger partial charge is 0.445 e. The lowest BCUT2D eigenvalue weighted by Crippen LogP contribution is -2.30. The molecule has 1 saturated carbocycles. The molecular formula is C25H30N4O2. The number of para-hydroxylation sites is 1. The Morgan fingerprint density at radius 3 is 2.55 bits per heavy atom. The number of ether oxygens (including phenoxy) is 1. The van der Waals surface area contributed by atoms with E-state index in [1.807, 2.05) is 55.5 Å². The van der Waals surface area contributed by atoms with Crippen LogP contribution in [0, 0.1) is 12.8 Å². The number of carbonyl (C=O) groups is 1. The third-order valence-corrected chi connectivity index (χ3v) is 6.01. The van der Waals surface area contributed by atoms with E-state index in [9.17, 15) is 4.79 Å². The topological polar surface area (TPSA) is 76.1 Å². The molecule has 1 aromatic heterocycles. The van der Waals surface area contributed by atoms with Crippen LogP contribution >= 0.6 is 0 Å². The molecule has 0 radical (unpaired) electrons. The first kappa shape index (κ1) is 21.1. The van der Waals surface area contributed by atoms with Gasteiger partial charge in [0.2, 0.25) is 5.95 Å². The zero-order valence-corrected chi connectivity index (χ0v) is 18.0. The van der Waals surface area contributed by atoms with Crippen molar-refractivity contribution >= 4 is 22.9 Å². The van der Waals surface area contributed by atoms with Crippen molar-refractivity contribution < 1.29 is 9.53 Å². The quantitative estimate of drug-likeness (QED) is 0.550. The first-order valence-corrected chi connectivity index (χ1v) is 11.1. The summed E-state index contributed by atoms with van der Waals surface area (Å²) >= 11 is 0. The predicted octanol–water partition coefficient (Wildman–Crippen LogP) is 5.23. The standard InChI is InChI=1S/C25H30N4O2/c1-18-22-9-5-6-10-23(22)29-24(27-18)28-21-13-11-19(12-14-21)15-16-26-25(30)31-17-20-7-3-2-4-8-20/h2-10,19,21H,11-17H2,1H3,(H,26,30)(H,27,28,29). The molecule has 0 saturated heterocycles. The Morgan fingerprint density at radius 2 is 1.74 bits per heavy atom. The molecule has 1 fully saturated rings. The van der Waals surface area contributed by atoms with Crippen LogP contribution in [-0.2, 0) is 11.3 Å². The Balaban J connectivity index is 1.16. The van der Waals surface area contributed by atoms with E-state index in [0.29, 0.717) is 25.1 Å². The molecule has 0 bridgehead atoms. The second-order valence-electron chi connectivity index (χ2n) is 8.29. The zero-order chi connectivity index (χ0) is 21.5. The SMILES string of the molecule is Cc1nc(NC2CCC(CCNC(=O)OCc3ccccc3)CC2)nc2ccccc12. The molecule has 0 unspecified atom stereocenters. The summed E-state index contributed by atoms with van der Waals surface area (Å²) in [5, 5.41) is 7.51. The summed E-state index contributed by atoms with van der Waals surface area (Å²) in [4.78, 5) is 21.2. The Labute approximate surface area is 183 Å². The Bertz CT molecular complexity index is 1000. The van der Waals surface area contributed by atoms with Gasteiger partial charge in [-0.15, -0.1) is 0 Å². The van der Waals surface area contributed by atoms with Crippen molar-refractivity contribution in [3.05, 3.63) is 65.9 Å². The molecule has 0 spiro atoms. The van der Waals surface area contributed by atoms with Crippen LogP contribution in [0.15, 0.2) is 54.6 Å². The van der Waals surface area contributed by atoms with E-state index in [0.717, 1.165) is 60.2 Å². The van der Waals surface area contributed by atoms with Crippen LogP contribution in [0.1, 0.15) is 43.4 Å². The number of aromatic nitrogens is 2. The minimum Gasteiger partial charge on any atom is -0.445 e. The van der Waals surface area contributed by atoms with E-state index < -0.39 is 0 Å². The molecule has 1 aliphatic rings. The fourth-order valence-corrected chi connectivity index (χ4v) is 4.23. The van der Waals surface area contributed by atoms with Crippen LogP contribution in [0.2, 0.25) is 0 Å². The second-order valence-corrected chi connectivity index (χ2v) is 8.29. The van der Waals surface area contributed by atoms with Crippen LogP contribution in [-0.4, -0.2) is 28.6 Å². The van der Waals surface area contributed by atoms with Gasteiger partial charge in [0.15, 0.2) is 0 Å². The number of hydrogen-bond acceptors (Lipinski definition) is 5. The lowest BCUT2D eigenvalue weighted by atomic mass is 9.84. The van der Waals surface area contributed by atoms with Gasteiger partial charge in [0.1, 0.15) is 6.61 Å². The van der Waals surface area contributed by atoms with Crippen molar-refractivity contribution in [1.82, 2.24) is 15.3 Å². The monoisotopic (exact) mass is 418 g/mol. The molecule has 1 heterocycles. The summed E-state index contributed by atoms with van der Waals surface area (Å²) in [6.07, 6.45) is 5.12. The smallest absolute Gasteiger partial charge is 0.407 e. The van der Waals surface area contributed by atoms with E-state index in [1.54, 1.807) is 0 Å². The predicted molar refractivity (Wildman–Crippen MR) is 123 cm³/mol. The molecule has 2 aromatic carbocycles.